The van der Waals surface area contributed by atoms with Crippen LogP contribution in [-0.2, 0) is 0 Å². The number of halogens is 2. The SMILES string of the molecule is C[N+](C)(C)CCNC(=O)c1cccc(C(=O)NCC[N+](C)(C)C)c1.[I-].[I-]. The molecule has 0 fully saturated rings. The minimum absolute atomic E-state index is 0. The number of hydrogen-bond donors (Lipinski definition) is 2. The van der Waals surface area contributed by atoms with Gasteiger partial charge in [-0.2, -0.15) is 0 Å². The Morgan fingerprint density at radius 3 is 1.42 bits per heavy atom. The Labute approximate surface area is 191 Å². The summed E-state index contributed by atoms with van der Waals surface area (Å²) in [5, 5.41) is 5.79. The highest BCUT2D eigenvalue weighted by Crippen LogP contribution is 2.05. The fraction of sp³-hybridized carbons (Fsp3) is 0.556. The Kier molecular flexibility index (Phi) is 12.9. The second kappa shape index (κ2) is 12.1. The van der Waals surface area contributed by atoms with Gasteiger partial charge in [-0.05, 0) is 18.2 Å². The normalized spacial score (nSPS) is 11.0. The standard InChI is InChI=1S/C18H30N4O2.2HI/c1-21(2,3)12-10-19-17(23)15-8-7-9-16(14-15)18(24)20-11-13-22(4,5)6;;/h7-9,14H,10-13H2,1-6H3;2*1H. The van der Waals surface area contributed by atoms with Gasteiger partial charge in [0.05, 0.1) is 68.5 Å². The number of hydrogen-bond acceptors (Lipinski definition) is 2. The smallest absolute Gasteiger partial charge is 0.251 e. The first kappa shape index (κ1) is 27.8. The molecule has 0 aliphatic heterocycles. The lowest BCUT2D eigenvalue weighted by Crippen LogP contribution is -3.00. The lowest BCUT2D eigenvalue weighted by Gasteiger charge is -2.24. The number of carbonyl (C=O) groups is 2. The van der Waals surface area contributed by atoms with E-state index in [0.29, 0.717) is 24.2 Å². The molecule has 6 nitrogen and oxygen atoms in total. The van der Waals surface area contributed by atoms with E-state index >= 15 is 0 Å². The molecule has 2 amide bonds. The van der Waals surface area contributed by atoms with Gasteiger partial charge in [-0.3, -0.25) is 9.59 Å². The number of carbonyl (C=O) groups excluding carboxylic acids is 2. The second-order valence-corrected chi connectivity index (χ2v) is 8.12. The van der Waals surface area contributed by atoms with E-state index < -0.39 is 0 Å². The first-order valence-corrected chi connectivity index (χ1v) is 8.25. The number of nitrogens with zero attached hydrogens (tertiary/aromatic N) is 2. The van der Waals surface area contributed by atoms with Gasteiger partial charge >= 0.3 is 0 Å². The van der Waals surface area contributed by atoms with E-state index in [0.717, 1.165) is 22.1 Å². The summed E-state index contributed by atoms with van der Waals surface area (Å²) in [7, 11) is 12.5. The van der Waals surface area contributed by atoms with Crippen LogP contribution in [0.3, 0.4) is 0 Å². The Bertz CT molecular complexity index is 534. The van der Waals surface area contributed by atoms with Crippen molar-refractivity contribution in [2.75, 3.05) is 68.5 Å². The molecule has 0 atom stereocenters. The second-order valence-electron chi connectivity index (χ2n) is 8.12. The summed E-state index contributed by atoms with van der Waals surface area (Å²) in [5.74, 6) is -0.297. The predicted octanol–water partition coefficient (Wildman–Crippen LogP) is -5.43. The average molecular weight is 590 g/mol. The van der Waals surface area contributed by atoms with Crippen LogP contribution in [0.2, 0.25) is 0 Å². The first-order valence-electron chi connectivity index (χ1n) is 8.25. The molecule has 0 saturated carbocycles. The van der Waals surface area contributed by atoms with Crippen LogP contribution in [-0.4, -0.2) is 89.2 Å². The van der Waals surface area contributed by atoms with Gasteiger partial charge in [-0.1, -0.05) is 6.07 Å². The summed E-state index contributed by atoms with van der Waals surface area (Å²) in [6.07, 6.45) is 0. The molecule has 1 aromatic carbocycles. The minimum atomic E-state index is -0.149. The molecule has 2 N–H and O–H groups in total. The number of likely N-dealkylation sites (N-methyl/N-ethyl adjacent to an activating group) is 2. The number of nitrogens with one attached hydrogen (secondary N) is 2. The van der Waals surface area contributed by atoms with E-state index in [-0.39, 0.29) is 59.8 Å². The van der Waals surface area contributed by atoms with Crippen molar-refractivity contribution in [1.29, 1.82) is 0 Å². The van der Waals surface area contributed by atoms with Gasteiger partial charge < -0.3 is 67.6 Å². The monoisotopic (exact) mass is 590 g/mol. The van der Waals surface area contributed by atoms with E-state index in [2.05, 4.69) is 52.9 Å². The molecule has 0 spiro atoms. The summed E-state index contributed by atoms with van der Waals surface area (Å²) in [6.45, 7) is 2.89. The first-order chi connectivity index (χ1) is 11.0. The molecule has 150 valence electrons. The van der Waals surface area contributed by atoms with Gasteiger partial charge in [0.15, 0.2) is 0 Å². The van der Waals surface area contributed by atoms with E-state index in [1.807, 2.05) is 0 Å². The zero-order chi connectivity index (χ0) is 18.4. The fourth-order valence-electron chi connectivity index (χ4n) is 2.02. The largest absolute Gasteiger partial charge is 1.00 e. The van der Waals surface area contributed by atoms with Crippen molar-refractivity contribution in [2.45, 2.75) is 0 Å². The van der Waals surface area contributed by atoms with Gasteiger partial charge in [0, 0.05) is 11.1 Å². The van der Waals surface area contributed by atoms with E-state index in [1.54, 1.807) is 24.3 Å². The van der Waals surface area contributed by atoms with E-state index in [4.69, 9.17) is 0 Å². The molecule has 8 heteroatoms. The summed E-state index contributed by atoms with van der Waals surface area (Å²) in [6, 6.07) is 6.83. The van der Waals surface area contributed by atoms with Crippen molar-refractivity contribution in [3.8, 4) is 0 Å². The van der Waals surface area contributed by atoms with E-state index in [9.17, 15) is 9.59 Å². The molecular weight excluding hydrogens is 558 g/mol. The predicted molar refractivity (Wildman–Crippen MR) is 96.9 cm³/mol. The molecule has 0 bridgehead atoms. The van der Waals surface area contributed by atoms with Crippen LogP contribution in [0.25, 0.3) is 0 Å². The Morgan fingerprint density at radius 2 is 1.12 bits per heavy atom. The van der Waals surface area contributed by atoms with Crippen LogP contribution in [0.15, 0.2) is 24.3 Å². The maximum atomic E-state index is 12.2. The van der Waals surface area contributed by atoms with Crippen molar-refractivity contribution in [1.82, 2.24) is 10.6 Å². The molecule has 1 aromatic rings. The average Bonchev–Trinajstić information content (AvgIpc) is 2.44. The number of amides is 2. The molecule has 26 heavy (non-hydrogen) atoms. The third-order valence-corrected chi connectivity index (χ3v) is 3.52. The fourth-order valence-corrected chi connectivity index (χ4v) is 2.02. The summed E-state index contributed by atoms with van der Waals surface area (Å²) in [4.78, 5) is 24.4. The van der Waals surface area contributed by atoms with Crippen LogP contribution >= 0.6 is 0 Å². The van der Waals surface area contributed by atoms with Crippen molar-refractivity contribution >= 4 is 11.8 Å². The van der Waals surface area contributed by atoms with Crippen molar-refractivity contribution in [2.24, 2.45) is 0 Å². The van der Waals surface area contributed by atoms with Crippen molar-refractivity contribution < 1.29 is 66.5 Å². The zero-order valence-electron chi connectivity index (χ0n) is 16.6. The van der Waals surface area contributed by atoms with Gasteiger partial charge in [0.25, 0.3) is 11.8 Å². The van der Waals surface area contributed by atoms with Gasteiger partial charge in [0.1, 0.15) is 0 Å². The summed E-state index contributed by atoms with van der Waals surface area (Å²) < 4.78 is 1.57. The molecule has 1 rings (SSSR count). The summed E-state index contributed by atoms with van der Waals surface area (Å²) in [5.41, 5.74) is 1.02. The molecule has 0 saturated heterocycles. The number of quaternary nitrogens is 2. The summed E-state index contributed by atoms with van der Waals surface area (Å²) >= 11 is 0. The lowest BCUT2D eigenvalue weighted by atomic mass is 10.1. The van der Waals surface area contributed by atoms with Gasteiger partial charge in [0.2, 0.25) is 0 Å². The maximum absolute atomic E-state index is 12.2. The lowest BCUT2D eigenvalue weighted by molar-refractivity contribution is -0.869. The van der Waals surface area contributed by atoms with Crippen LogP contribution < -0.4 is 58.6 Å². The topological polar surface area (TPSA) is 58.2 Å². The van der Waals surface area contributed by atoms with Crippen molar-refractivity contribution in [3.05, 3.63) is 35.4 Å². The Balaban J connectivity index is 0. The quantitative estimate of drug-likeness (QED) is 0.235. The molecule has 0 aliphatic rings. The zero-order valence-corrected chi connectivity index (χ0v) is 20.9. The highest BCUT2D eigenvalue weighted by atomic mass is 127. The van der Waals surface area contributed by atoms with Crippen LogP contribution in [0.5, 0.6) is 0 Å². The van der Waals surface area contributed by atoms with E-state index in [1.165, 1.54) is 0 Å². The number of benzene rings is 1. The molecule has 0 aromatic heterocycles. The highest BCUT2D eigenvalue weighted by molar-refractivity contribution is 5.99. The Hall–Kier alpha value is -0.460. The molecule has 0 radical (unpaired) electrons. The van der Waals surface area contributed by atoms with Crippen LogP contribution in [0.1, 0.15) is 20.7 Å². The minimum Gasteiger partial charge on any atom is -1.00 e. The molecular formula is C18H32I2N4O2. The third-order valence-electron chi connectivity index (χ3n) is 3.52. The highest BCUT2D eigenvalue weighted by Gasteiger charge is 2.13. The molecule has 0 aliphatic carbocycles. The van der Waals surface area contributed by atoms with Crippen molar-refractivity contribution in [3.63, 3.8) is 0 Å². The third kappa shape index (κ3) is 12.0. The number of rotatable bonds is 8. The Morgan fingerprint density at radius 1 is 0.769 bits per heavy atom. The molecule has 0 unspecified atom stereocenters. The van der Waals surface area contributed by atoms with Gasteiger partial charge in [-0.15, -0.1) is 0 Å². The van der Waals surface area contributed by atoms with Crippen LogP contribution in [0.4, 0.5) is 0 Å². The molecule has 0 heterocycles. The van der Waals surface area contributed by atoms with Crippen LogP contribution in [0, 0.1) is 0 Å². The van der Waals surface area contributed by atoms with Gasteiger partial charge in [-0.25, -0.2) is 0 Å². The maximum Gasteiger partial charge on any atom is 0.251 e.